The molecule has 0 atom stereocenters. The summed E-state index contributed by atoms with van der Waals surface area (Å²) in [5, 5.41) is 12.2. The van der Waals surface area contributed by atoms with Crippen molar-refractivity contribution in [3.8, 4) is 17.6 Å². The number of nitrogens with zero attached hydrogens (tertiary/aromatic N) is 1. The molecule has 0 unspecified atom stereocenters. The number of rotatable bonds is 11. The molecule has 0 radical (unpaired) electrons. The molecule has 3 rings (SSSR count). The van der Waals surface area contributed by atoms with Crippen LogP contribution in [0.5, 0.6) is 11.5 Å². The molecule has 0 bridgehead atoms. The van der Waals surface area contributed by atoms with Gasteiger partial charge in [0.2, 0.25) is 5.91 Å². The molecular formula is C26H27BrClN3O4. The molecule has 0 heterocycles. The van der Waals surface area contributed by atoms with Gasteiger partial charge in [0.15, 0.2) is 0 Å². The summed E-state index contributed by atoms with van der Waals surface area (Å²) in [5.74, 6) is 0.467. The Hall–Kier alpha value is -3.28. The first kappa shape index (κ1) is 28.0. The highest BCUT2D eigenvalue weighted by Crippen LogP contribution is 2.34. The molecule has 184 valence electrons. The van der Waals surface area contributed by atoms with E-state index in [4.69, 9.17) is 32.1 Å². The lowest BCUT2D eigenvalue weighted by Gasteiger charge is -2.10. The minimum atomic E-state index is -0.600. The molecule has 1 aliphatic carbocycles. The minimum absolute atomic E-state index is 0.0999. The molecule has 35 heavy (non-hydrogen) atoms. The summed E-state index contributed by atoms with van der Waals surface area (Å²) < 4.78 is 11.4. The molecule has 1 saturated carbocycles. The van der Waals surface area contributed by atoms with Crippen LogP contribution in [0.15, 0.2) is 66.2 Å². The van der Waals surface area contributed by atoms with Crippen LogP contribution in [0.1, 0.15) is 35.2 Å². The van der Waals surface area contributed by atoms with Crippen molar-refractivity contribution in [2.45, 2.75) is 31.2 Å². The number of benzene rings is 2. The van der Waals surface area contributed by atoms with Crippen LogP contribution in [0.2, 0.25) is 5.02 Å². The molecule has 7 nitrogen and oxygen atoms in total. The summed E-state index contributed by atoms with van der Waals surface area (Å²) in [4.78, 5) is 22.8. The second-order valence-electron chi connectivity index (χ2n) is 7.71. The summed E-state index contributed by atoms with van der Waals surface area (Å²) >= 11 is 9.37. The summed E-state index contributed by atoms with van der Waals surface area (Å²) in [6.45, 7) is 7.84. The largest absolute Gasteiger partial charge is 0.489 e. The fraction of sp³-hybridized carbons (Fsp3) is 0.269. The summed E-state index contributed by atoms with van der Waals surface area (Å²) in [6, 6.07) is 12.7. The van der Waals surface area contributed by atoms with E-state index in [1.165, 1.54) is 0 Å². The Labute approximate surface area is 218 Å². The average Bonchev–Trinajstić information content (AvgIpc) is 3.61. The number of aryl methyl sites for hydroxylation is 1. The van der Waals surface area contributed by atoms with E-state index in [0.717, 1.165) is 22.9 Å². The molecule has 1 aliphatic rings. The highest BCUT2D eigenvalue weighted by Gasteiger charge is 2.44. The van der Waals surface area contributed by atoms with E-state index < -0.39 is 11.4 Å². The van der Waals surface area contributed by atoms with Gasteiger partial charge < -0.3 is 20.5 Å². The second kappa shape index (κ2) is 13.6. The topological polar surface area (TPSA) is 114 Å². The van der Waals surface area contributed by atoms with Crippen molar-refractivity contribution in [3.63, 3.8) is 0 Å². The molecule has 2 amide bonds. The normalized spacial score (nSPS) is 12.7. The Morgan fingerprint density at radius 3 is 2.31 bits per heavy atom. The molecule has 3 N–H and O–H groups in total. The Morgan fingerprint density at radius 1 is 1.14 bits per heavy atom. The van der Waals surface area contributed by atoms with Gasteiger partial charge in [-0.15, -0.1) is 0 Å². The van der Waals surface area contributed by atoms with Gasteiger partial charge in [0, 0.05) is 10.9 Å². The first-order valence-corrected chi connectivity index (χ1v) is 12.0. The van der Waals surface area contributed by atoms with Crippen LogP contribution in [-0.4, -0.2) is 30.6 Å². The van der Waals surface area contributed by atoms with Crippen LogP contribution >= 0.6 is 27.5 Å². The Bertz CT molecular complexity index is 1130. The maximum Gasteiger partial charge on any atom is 0.252 e. The molecule has 1 fully saturated rings. The van der Waals surface area contributed by atoms with Crippen LogP contribution in [0.25, 0.3) is 0 Å². The maximum absolute atomic E-state index is 11.8. The van der Waals surface area contributed by atoms with Gasteiger partial charge in [-0.2, -0.15) is 5.26 Å². The van der Waals surface area contributed by atoms with E-state index >= 15 is 0 Å². The number of nitrogens with one attached hydrogen (secondary N) is 1. The van der Waals surface area contributed by atoms with Gasteiger partial charge in [0.25, 0.3) is 5.91 Å². The van der Waals surface area contributed by atoms with Crippen LogP contribution < -0.4 is 20.5 Å². The van der Waals surface area contributed by atoms with E-state index in [0.29, 0.717) is 48.1 Å². The number of halogens is 2. The van der Waals surface area contributed by atoms with Gasteiger partial charge in [-0.1, -0.05) is 58.9 Å². The van der Waals surface area contributed by atoms with Crippen molar-refractivity contribution in [1.29, 1.82) is 5.26 Å². The molecule has 9 heteroatoms. The van der Waals surface area contributed by atoms with Crippen molar-refractivity contribution in [1.82, 2.24) is 5.32 Å². The Balaban J connectivity index is 0.000000269. The standard InChI is InChI=1S/C16H17ClN2O2.C10H10BrNO2/c1-2-9-21-14-5-3-12(10-13(14)17)4-6-15(20)19-16(11-18)7-8-16;1-2-5-14-9-4-3-7(11)6-8(9)10(12)13/h2-3,5,10H,1,4,6-9H2,(H,19,20);2-4,6H,1,5H2,(H2,12,13). The molecule has 2 aromatic carbocycles. The van der Waals surface area contributed by atoms with Crippen molar-refractivity contribution in [2.75, 3.05) is 13.2 Å². The lowest BCUT2D eigenvalue weighted by molar-refractivity contribution is -0.121. The van der Waals surface area contributed by atoms with E-state index in [2.05, 4.69) is 40.5 Å². The zero-order valence-electron chi connectivity index (χ0n) is 19.2. The highest BCUT2D eigenvalue weighted by atomic mass is 79.9. The van der Waals surface area contributed by atoms with Gasteiger partial charge in [0.1, 0.15) is 30.3 Å². The zero-order chi connectivity index (χ0) is 25.8. The van der Waals surface area contributed by atoms with Gasteiger partial charge in [-0.3, -0.25) is 9.59 Å². The third-order valence-electron chi connectivity index (χ3n) is 4.90. The Morgan fingerprint density at radius 2 is 1.77 bits per heavy atom. The van der Waals surface area contributed by atoms with E-state index in [-0.39, 0.29) is 5.91 Å². The lowest BCUT2D eigenvalue weighted by Crippen LogP contribution is -2.35. The summed E-state index contributed by atoms with van der Waals surface area (Å²) in [5.41, 5.74) is 5.91. The number of nitrogens with two attached hydrogens (primary N) is 1. The van der Waals surface area contributed by atoms with Crippen LogP contribution in [0.3, 0.4) is 0 Å². The third kappa shape index (κ3) is 9.12. The average molecular weight is 561 g/mol. The third-order valence-corrected chi connectivity index (χ3v) is 5.69. The first-order valence-electron chi connectivity index (χ1n) is 10.8. The van der Waals surface area contributed by atoms with Crippen LogP contribution in [0, 0.1) is 11.3 Å². The van der Waals surface area contributed by atoms with E-state index in [1.807, 2.05) is 6.07 Å². The van der Waals surface area contributed by atoms with Gasteiger partial charge >= 0.3 is 0 Å². The monoisotopic (exact) mass is 559 g/mol. The smallest absolute Gasteiger partial charge is 0.252 e. The number of nitriles is 1. The summed E-state index contributed by atoms with van der Waals surface area (Å²) in [6.07, 6.45) is 5.67. The van der Waals surface area contributed by atoms with Crippen molar-refractivity contribution in [2.24, 2.45) is 5.73 Å². The predicted octanol–water partition coefficient (Wildman–Crippen LogP) is 5.12. The van der Waals surface area contributed by atoms with Crippen LogP contribution in [-0.2, 0) is 11.2 Å². The summed E-state index contributed by atoms with van der Waals surface area (Å²) in [7, 11) is 0. The minimum Gasteiger partial charge on any atom is -0.489 e. The fourth-order valence-corrected chi connectivity index (χ4v) is 3.53. The Kier molecular flexibility index (Phi) is 10.8. The molecule has 2 aromatic rings. The number of hydrogen-bond donors (Lipinski definition) is 2. The maximum atomic E-state index is 11.8. The molecular weight excluding hydrogens is 534 g/mol. The number of primary amides is 1. The second-order valence-corrected chi connectivity index (χ2v) is 9.03. The first-order chi connectivity index (χ1) is 16.7. The molecule has 0 saturated heterocycles. The molecule has 0 aromatic heterocycles. The van der Waals surface area contributed by atoms with Crippen molar-refractivity contribution in [3.05, 3.63) is 82.3 Å². The quantitative estimate of drug-likeness (QED) is 0.370. The zero-order valence-corrected chi connectivity index (χ0v) is 21.5. The van der Waals surface area contributed by atoms with Crippen molar-refractivity contribution < 1.29 is 19.1 Å². The lowest BCUT2D eigenvalue weighted by atomic mass is 10.1. The van der Waals surface area contributed by atoms with Crippen molar-refractivity contribution >= 4 is 39.3 Å². The number of ether oxygens (including phenoxy) is 2. The molecule has 0 aliphatic heterocycles. The van der Waals surface area contributed by atoms with E-state index in [9.17, 15) is 9.59 Å². The highest BCUT2D eigenvalue weighted by molar-refractivity contribution is 9.10. The number of hydrogen-bond acceptors (Lipinski definition) is 5. The van der Waals surface area contributed by atoms with Gasteiger partial charge in [-0.25, -0.2) is 0 Å². The predicted molar refractivity (Wildman–Crippen MR) is 140 cm³/mol. The van der Waals surface area contributed by atoms with Gasteiger partial charge in [0.05, 0.1) is 16.7 Å². The molecule has 0 spiro atoms. The number of amides is 2. The number of carbonyl (C=O) groups is 2. The fourth-order valence-electron chi connectivity index (χ4n) is 2.91. The van der Waals surface area contributed by atoms with Crippen LogP contribution in [0.4, 0.5) is 0 Å². The van der Waals surface area contributed by atoms with Gasteiger partial charge in [-0.05, 0) is 55.2 Å². The SMILES string of the molecule is C=CCOc1ccc(Br)cc1C(N)=O.C=CCOc1ccc(CCC(=O)NC2(C#N)CC2)cc1Cl. The number of carbonyl (C=O) groups excluding carboxylic acids is 2. The van der Waals surface area contributed by atoms with E-state index in [1.54, 1.807) is 42.5 Å².